The van der Waals surface area contributed by atoms with Gasteiger partial charge < -0.3 is 10.0 Å². The minimum Gasteiger partial charge on any atom is -0.389 e. The van der Waals surface area contributed by atoms with E-state index in [1.165, 1.54) is 0 Å². The minimum absolute atomic E-state index is 0.0235. The van der Waals surface area contributed by atoms with Crippen LogP contribution in [0.25, 0.3) is 0 Å². The molecule has 0 radical (unpaired) electrons. The van der Waals surface area contributed by atoms with Gasteiger partial charge >= 0.3 is 0 Å². The number of carbonyl (C=O) groups excluding carboxylic acids is 2. The molecule has 4 heteroatoms. The molecule has 0 saturated carbocycles. The molecule has 1 N–H and O–H groups in total. The summed E-state index contributed by atoms with van der Waals surface area (Å²) in [6, 6.07) is 0. The normalized spacial score (nSPS) is 22.6. The zero-order chi connectivity index (χ0) is 9.90. The summed E-state index contributed by atoms with van der Waals surface area (Å²) in [6.45, 7) is 1.56. The van der Waals surface area contributed by atoms with Gasteiger partial charge in [-0.3, -0.25) is 9.59 Å². The topological polar surface area (TPSA) is 57.6 Å². The van der Waals surface area contributed by atoms with Crippen molar-refractivity contribution in [3.05, 3.63) is 0 Å². The Labute approximate surface area is 77.5 Å². The zero-order valence-electron chi connectivity index (χ0n) is 7.82. The summed E-state index contributed by atoms with van der Waals surface area (Å²) in [6.07, 6.45) is 1.41. The van der Waals surface area contributed by atoms with Gasteiger partial charge in [0.15, 0.2) is 12.1 Å². The third kappa shape index (κ3) is 2.90. The van der Waals surface area contributed by atoms with Crippen LogP contribution in [-0.2, 0) is 9.59 Å². The lowest BCUT2D eigenvalue weighted by molar-refractivity contribution is -0.134. The van der Waals surface area contributed by atoms with Crippen molar-refractivity contribution in [2.24, 2.45) is 0 Å². The fourth-order valence-corrected chi connectivity index (χ4v) is 1.58. The van der Waals surface area contributed by atoms with E-state index < -0.39 is 11.4 Å². The first kappa shape index (κ1) is 10.3. The number of rotatable bonds is 3. The van der Waals surface area contributed by atoms with Gasteiger partial charge in [-0.25, -0.2) is 0 Å². The SMILES string of the molecule is CN1CCC(O)(CC(=O)C=O)CC1. The van der Waals surface area contributed by atoms with E-state index in [1.54, 1.807) is 0 Å². The van der Waals surface area contributed by atoms with E-state index in [0.29, 0.717) is 12.8 Å². The second kappa shape index (κ2) is 3.98. The maximum Gasteiger partial charge on any atom is 0.198 e. The predicted octanol–water partition coefficient (Wildman–Crippen LogP) is -0.399. The number of piperidine rings is 1. The van der Waals surface area contributed by atoms with Gasteiger partial charge in [0.25, 0.3) is 0 Å². The van der Waals surface area contributed by atoms with Gasteiger partial charge in [-0.2, -0.15) is 0 Å². The van der Waals surface area contributed by atoms with Gasteiger partial charge in [0.2, 0.25) is 0 Å². The summed E-state index contributed by atoms with van der Waals surface area (Å²) in [7, 11) is 1.97. The van der Waals surface area contributed by atoms with Crippen LogP contribution in [0, 0.1) is 0 Å². The largest absolute Gasteiger partial charge is 0.389 e. The Balaban J connectivity index is 2.47. The first-order valence-corrected chi connectivity index (χ1v) is 4.45. The molecule has 0 aliphatic carbocycles. The Morgan fingerprint density at radius 2 is 2.08 bits per heavy atom. The van der Waals surface area contributed by atoms with Crippen LogP contribution in [-0.4, -0.2) is 47.8 Å². The molecule has 0 spiro atoms. The van der Waals surface area contributed by atoms with E-state index in [0.717, 1.165) is 13.1 Å². The standard InChI is InChI=1S/C9H15NO3/c1-10-4-2-9(13,3-5-10)6-8(12)7-11/h7,13H,2-6H2,1H3. The Kier molecular flexibility index (Phi) is 3.17. The molecular weight excluding hydrogens is 170 g/mol. The van der Waals surface area contributed by atoms with Gasteiger partial charge in [0.05, 0.1) is 5.60 Å². The molecule has 0 aromatic carbocycles. The highest BCUT2D eigenvalue weighted by atomic mass is 16.3. The molecule has 0 atom stereocenters. The molecule has 1 fully saturated rings. The summed E-state index contributed by atoms with van der Waals surface area (Å²) in [5.41, 5.74) is -0.940. The molecular formula is C9H15NO3. The number of hydrogen-bond acceptors (Lipinski definition) is 4. The van der Waals surface area contributed by atoms with Crippen LogP contribution in [0.4, 0.5) is 0 Å². The number of aliphatic hydroxyl groups is 1. The highest BCUT2D eigenvalue weighted by Gasteiger charge is 2.32. The monoisotopic (exact) mass is 185 g/mol. The Morgan fingerprint density at radius 1 is 1.54 bits per heavy atom. The van der Waals surface area contributed by atoms with Crippen molar-refractivity contribution < 1.29 is 14.7 Å². The van der Waals surface area contributed by atoms with Crippen molar-refractivity contribution in [3.8, 4) is 0 Å². The number of aldehydes is 1. The Hall–Kier alpha value is -0.740. The average molecular weight is 185 g/mol. The smallest absolute Gasteiger partial charge is 0.198 e. The van der Waals surface area contributed by atoms with Crippen LogP contribution in [0.2, 0.25) is 0 Å². The summed E-state index contributed by atoms with van der Waals surface area (Å²) in [5.74, 6) is -0.507. The summed E-state index contributed by atoms with van der Waals surface area (Å²) in [5, 5.41) is 9.88. The fraction of sp³-hybridized carbons (Fsp3) is 0.778. The Morgan fingerprint density at radius 3 is 2.54 bits per heavy atom. The number of hydrogen-bond donors (Lipinski definition) is 1. The van der Waals surface area contributed by atoms with Gasteiger partial charge in [-0.1, -0.05) is 0 Å². The van der Waals surface area contributed by atoms with Crippen molar-refractivity contribution in [1.82, 2.24) is 4.90 Å². The summed E-state index contributed by atoms with van der Waals surface area (Å²) >= 11 is 0. The lowest BCUT2D eigenvalue weighted by Gasteiger charge is -2.35. The van der Waals surface area contributed by atoms with Crippen LogP contribution < -0.4 is 0 Å². The second-order valence-electron chi connectivity index (χ2n) is 3.79. The molecule has 1 aliphatic heterocycles. The average Bonchev–Trinajstić information content (AvgIpc) is 2.10. The summed E-state index contributed by atoms with van der Waals surface area (Å²) < 4.78 is 0. The highest BCUT2D eigenvalue weighted by molar-refractivity contribution is 6.25. The first-order chi connectivity index (χ1) is 6.06. The van der Waals surface area contributed by atoms with Crippen LogP contribution in [0.1, 0.15) is 19.3 Å². The Bertz CT molecular complexity index is 207. The van der Waals surface area contributed by atoms with E-state index in [-0.39, 0.29) is 12.7 Å². The van der Waals surface area contributed by atoms with E-state index in [9.17, 15) is 14.7 Å². The number of carbonyl (C=O) groups is 2. The lowest BCUT2D eigenvalue weighted by atomic mass is 9.87. The van der Waals surface area contributed by atoms with Crippen molar-refractivity contribution in [2.45, 2.75) is 24.9 Å². The highest BCUT2D eigenvalue weighted by Crippen LogP contribution is 2.24. The van der Waals surface area contributed by atoms with Crippen LogP contribution in [0.15, 0.2) is 0 Å². The van der Waals surface area contributed by atoms with E-state index in [4.69, 9.17) is 0 Å². The quantitative estimate of drug-likeness (QED) is 0.480. The van der Waals surface area contributed by atoms with Crippen LogP contribution in [0.3, 0.4) is 0 Å². The maximum atomic E-state index is 10.8. The van der Waals surface area contributed by atoms with E-state index >= 15 is 0 Å². The number of likely N-dealkylation sites (tertiary alicyclic amines) is 1. The van der Waals surface area contributed by atoms with Crippen molar-refractivity contribution in [3.63, 3.8) is 0 Å². The van der Waals surface area contributed by atoms with Crippen molar-refractivity contribution >= 4 is 12.1 Å². The molecule has 0 aromatic rings. The molecule has 1 saturated heterocycles. The molecule has 1 rings (SSSR count). The molecule has 0 aromatic heterocycles. The van der Waals surface area contributed by atoms with Crippen LogP contribution >= 0.6 is 0 Å². The third-order valence-electron chi connectivity index (χ3n) is 2.55. The fourth-order valence-electron chi connectivity index (χ4n) is 1.58. The molecule has 1 aliphatic rings. The maximum absolute atomic E-state index is 10.8. The molecule has 0 amide bonds. The number of nitrogens with zero attached hydrogens (tertiary/aromatic N) is 1. The molecule has 1 heterocycles. The van der Waals surface area contributed by atoms with E-state index in [2.05, 4.69) is 4.90 Å². The van der Waals surface area contributed by atoms with Gasteiger partial charge in [0.1, 0.15) is 0 Å². The van der Waals surface area contributed by atoms with Crippen molar-refractivity contribution in [1.29, 1.82) is 0 Å². The van der Waals surface area contributed by atoms with E-state index in [1.807, 2.05) is 7.05 Å². The minimum atomic E-state index is -0.940. The van der Waals surface area contributed by atoms with Crippen LogP contribution in [0.5, 0.6) is 0 Å². The lowest BCUT2D eigenvalue weighted by Crippen LogP contribution is -2.44. The first-order valence-electron chi connectivity index (χ1n) is 4.45. The molecule has 0 unspecified atom stereocenters. The zero-order valence-corrected chi connectivity index (χ0v) is 7.82. The third-order valence-corrected chi connectivity index (χ3v) is 2.55. The molecule has 4 nitrogen and oxygen atoms in total. The van der Waals surface area contributed by atoms with Crippen molar-refractivity contribution in [2.75, 3.05) is 20.1 Å². The number of Topliss-reactive ketones (excluding diaryl/α,β-unsaturated/α-hetero) is 1. The second-order valence-corrected chi connectivity index (χ2v) is 3.79. The molecule has 0 bridgehead atoms. The van der Waals surface area contributed by atoms with Gasteiger partial charge in [0, 0.05) is 19.5 Å². The number of ketones is 1. The van der Waals surface area contributed by atoms with Gasteiger partial charge in [-0.05, 0) is 19.9 Å². The van der Waals surface area contributed by atoms with Gasteiger partial charge in [-0.15, -0.1) is 0 Å². The predicted molar refractivity (Wildman–Crippen MR) is 47.4 cm³/mol. The summed E-state index contributed by atoms with van der Waals surface area (Å²) in [4.78, 5) is 23.0. The molecule has 13 heavy (non-hydrogen) atoms. The molecule has 74 valence electrons.